The van der Waals surface area contributed by atoms with Crippen molar-refractivity contribution in [1.29, 1.82) is 0 Å². The summed E-state index contributed by atoms with van der Waals surface area (Å²) in [6, 6.07) is 79.5. The Labute approximate surface area is 434 Å². The highest BCUT2D eigenvalue weighted by molar-refractivity contribution is 6.25. The summed E-state index contributed by atoms with van der Waals surface area (Å²) in [6.45, 7) is 0. The van der Waals surface area contributed by atoms with Crippen LogP contribution in [0.4, 0.5) is 0 Å². The van der Waals surface area contributed by atoms with Gasteiger partial charge in [0.1, 0.15) is 0 Å². The van der Waals surface area contributed by atoms with Gasteiger partial charge in [0.25, 0.3) is 0 Å². The van der Waals surface area contributed by atoms with E-state index in [1.165, 1.54) is 32.3 Å². The van der Waals surface area contributed by atoms with Gasteiger partial charge >= 0.3 is 0 Å². The van der Waals surface area contributed by atoms with E-state index in [4.69, 9.17) is 15.0 Å². The van der Waals surface area contributed by atoms with Gasteiger partial charge in [-0.15, -0.1) is 0 Å². The zero-order valence-corrected chi connectivity index (χ0v) is 40.7. The van der Waals surface area contributed by atoms with Crippen molar-refractivity contribution in [3.05, 3.63) is 249 Å². The molecule has 0 spiro atoms. The minimum atomic E-state index is 0.575. The molecule has 0 saturated carbocycles. The molecule has 0 aliphatic heterocycles. The monoisotopic (exact) mass is 971 g/mol. The number of fused-ring (bicyclic) bond motifs is 14. The van der Waals surface area contributed by atoms with Gasteiger partial charge in [0, 0.05) is 83.5 Å². The van der Waals surface area contributed by atoms with Gasteiger partial charge in [0.15, 0.2) is 17.5 Å². The van der Waals surface area contributed by atoms with E-state index in [9.17, 15) is 0 Å². The van der Waals surface area contributed by atoms with Gasteiger partial charge in [-0.2, -0.15) is 0 Å². The molecule has 0 atom stereocenters. The molecule has 7 aromatic heterocycles. The molecule has 0 bridgehead atoms. The van der Waals surface area contributed by atoms with Crippen molar-refractivity contribution in [2.45, 2.75) is 0 Å². The van der Waals surface area contributed by atoms with E-state index in [1.807, 2.05) is 55.1 Å². The SMILES string of the molecule is c1ccc(-c2nc(-c3cccc(-n4c5ccccc5c5ccc6c7ccccc7n(-c7cccnc7)c6c54)c3)nc(-c3cccc(-n4c5ccccc5c5ccc6c7ccccc7n(-c7cccnc7)c6c54)c3)n2)cc1. The van der Waals surface area contributed by atoms with Crippen LogP contribution < -0.4 is 0 Å². The summed E-state index contributed by atoms with van der Waals surface area (Å²) in [6.07, 6.45) is 7.55. The molecule has 0 radical (unpaired) electrons. The van der Waals surface area contributed by atoms with Crippen LogP contribution in [0.15, 0.2) is 249 Å². The summed E-state index contributed by atoms with van der Waals surface area (Å²) < 4.78 is 9.53. The molecule has 9 aromatic carbocycles. The zero-order valence-electron chi connectivity index (χ0n) is 40.7. The number of para-hydroxylation sites is 4. The third-order valence-electron chi connectivity index (χ3n) is 15.1. The first-order valence-corrected chi connectivity index (χ1v) is 25.5. The van der Waals surface area contributed by atoms with Crippen LogP contribution in [0.5, 0.6) is 0 Å². The van der Waals surface area contributed by atoms with Gasteiger partial charge in [-0.1, -0.05) is 152 Å². The molecule has 76 heavy (non-hydrogen) atoms. The number of hydrogen-bond acceptors (Lipinski definition) is 5. The molecule has 0 saturated heterocycles. The third-order valence-corrected chi connectivity index (χ3v) is 15.1. The summed E-state index contributed by atoms with van der Waals surface area (Å²) >= 11 is 0. The maximum Gasteiger partial charge on any atom is 0.164 e. The van der Waals surface area contributed by atoms with Crippen molar-refractivity contribution in [2.75, 3.05) is 0 Å². The Hall–Kier alpha value is -10.5. The van der Waals surface area contributed by atoms with Crippen LogP contribution in [0.3, 0.4) is 0 Å². The fourth-order valence-corrected chi connectivity index (χ4v) is 12.0. The lowest BCUT2D eigenvalue weighted by molar-refractivity contribution is 1.07. The molecular weight excluding hydrogens is 931 g/mol. The van der Waals surface area contributed by atoms with Crippen molar-refractivity contribution in [3.63, 3.8) is 0 Å². The Morgan fingerprint density at radius 1 is 0.237 bits per heavy atom. The van der Waals surface area contributed by atoms with Crippen LogP contribution in [-0.4, -0.2) is 43.2 Å². The van der Waals surface area contributed by atoms with E-state index < -0.39 is 0 Å². The summed E-state index contributed by atoms with van der Waals surface area (Å²) in [5.74, 6) is 1.74. The molecule has 0 aliphatic carbocycles. The Morgan fingerprint density at radius 2 is 0.553 bits per heavy atom. The normalized spacial score (nSPS) is 11.9. The Bertz CT molecular complexity index is 4700. The fraction of sp³-hybridized carbons (Fsp3) is 0. The third kappa shape index (κ3) is 6.23. The number of aromatic nitrogens is 9. The van der Waals surface area contributed by atoms with Crippen molar-refractivity contribution >= 4 is 87.2 Å². The van der Waals surface area contributed by atoms with Gasteiger partial charge in [0.2, 0.25) is 0 Å². The Morgan fingerprint density at radius 3 is 0.921 bits per heavy atom. The molecule has 0 N–H and O–H groups in total. The van der Waals surface area contributed by atoms with E-state index in [1.54, 1.807) is 0 Å². The first kappa shape index (κ1) is 42.0. The highest BCUT2D eigenvalue weighted by Gasteiger charge is 2.24. The molecule has 7 heterocycles. The Balaban J connectivity index is 0.914. The molecule has 0 unspecified atom stereocenters. The summed E-state index contributed by atoms with van der Waals surface area (Å²) in [5.41, 5.74) is 15.5. The zero-order chi connectivity index (χ0) is 49.8. The number of nitrogens with zero attached hydrogens (tertiary/aromatic N) is 9. The predicted molar refractivity (Wildman–Crippen MR) is 309 cm³/mol. The van der Waals surface area contributed by atoms with Crippen molar-refractivity contribution in [1.82, 2.24) is 43.2 Å². The van der Waals surface area contributed by atoms with Gasteiger partial charge in [-0.05, 0) is 72.8 Å². The number of benzene rings is 9. The fourth-order valence-electron chi connectivity index (χ4n) is 12.0. The minimum Gasteiger partial charge on any atom is -0.307 e. The second-order valence-corrected chi connectivity index (χ2v) is 19.3. The molecular formula is C67H41N9. The quantitative estimate of drug-likeness (QED) is 0.159. The summed E-state index contributed by atoms with van der Waals surface area (Å²) in [4.78, 5) is 25.1. The largest absolute Gasteiger partial charge is 0.307 e. The van der Waals surface area contributed by atoms with E-state index in [-0.39, 0.29) is 0 Å². The van der Waals surface area contributed by atoms with E-state index in [2.05, 4.69) is 222 Å². The predicted octanol–water partition coefficient (Wildman–Crippen LogP) is 16.1. The Kier molecular flexibility index (Phi) is 9.13. The van der Waals surface area contributed by atoms with Crippen LogP contribution in [0, 0.1) is 0 Å². The standard InChI is InChI=1S/C67H41N9/c1-2-16-42(17-3-1)65-70-66(43-18-12-20-45(38-43)73-57-28-8-4-24-49(57)53-32-34-55-51-26-6-10-30-59(51)75(63(55)61(53)73)47-22-14-36-68-40-47)72-67(71-65)44-19-13-21-46(39-44)74-58-29-9-5-25-50(58)54-33-35-56-52-27-7-11-31-60(52)76(64(56)62(54)74)48-23-15-37-69-41-48/h1-41H. The van der Waals surface area contributed by atoms with Crippen LogP contribution in [0.25, 0.3) is 144 Å². The van der Waals surface area contributed by atoms with Crippen molar-refractivity contribution in [3.8, 4) is 56.9 Å². The molecule has 0 amide bonds. The second kappa shape index (κ2) is 16.5. The van der Waals surface area contributed by atoms with Crippen LogP contribution in [0.1, 0.15) is 0 Å². The maximum atomic E-state index is 5.40. The molecule has 9 heteroatoms. The first-order chi connectivity index (χ1) is 37.7. The molecule has 16 aromatic rings. The number of rotatable bonds is 7. The van der Waals surface area contributed by atoms with Gasteiger partial charge in [-0.25, -0.2) is 15.0 Å². The number of hydrogen-bond donors (Lipinski definition) is 0. The number of pyridine rings is 2. The minimum absolute atomic E-state index is 0.575. The molecule has 0 aliphatic rings. The molecule has 9 nitrogen and oxygen atoms in total. The highest BCUT2D eigenvalue weighted by Crippen LogP contribution is 2.44. The van der Waals surface area contributed by atoms with E-state index >= 15 is 0 Å². The lowest BCUT2D eigenvalue weighted by Crippen LogP contribution is -2.02. The lowest BCUT2D eigenvalue weighted by atomic mass is 10.1. The van der Waals surface area contributed by atoms with Crippen LogP contribution >= 0.6 is 0 Å². The lowest BCUT2D eigenvalue weighted by Gasteiger charge is -2.14. The highest BCUT2D eigenvalue weighted by atomic mass is 15.1. The van der Waals surface area contributed by atoms with Gasteiger partial charge in [0.05, 0.1) is 67.9 Å². The summed E-state index contributed by atoms with van der Waals surface area (Å²) in [5, 5.41) is 9.38. The van der Waals surface area contributed by atoms with Crippen LogP contribution in [0.2, 0.25) is 0 Å². The average molecular weight is 972 g/mol. The van der Waals surface area contributed by atoms with Gasteiger partial charge in [-0.3, -0.25) is 9.97 Å². The molecule has 0 fully saturated rings. The van der Waals surface area contributed by atoms with Crippen LogP contribution in [-0.2, 0) is 0 Å². The average Bonchev–Trinajstić information content (AvgIpc) is 4.27. The first-order valence-electron chi connectivity index (χ1n) is 25.5. The topological polar surface area (TPSA) is 84.2 Å². The second-order valence-electron chi connectivity index (χ2n) is 19.3. The molecule has 16 rings (SSSR count). The summed E-state index contributed by atoms with van der Waals surface area (Å²) in [7, 11) is 0. The smallest absolute Gasteiger partial charge is 0.164 e. The van der Waals surface area contributed by atoms with Gasteiger partial charge < -0.3 is 18.3 Å². The van der Waals surface area contributed by atoms with Crippen molar-refractivity contribution in [2.24, 2.45) is 0 Å². The van der Waals surface area contributed by atoms with E-state index in [0.29, 0.717) is 17.5 Å². The van der Waals surface area contributed by atoms with E-state index in [0.717, 1.165) is 94.3 Å². The molecule has 354 valence electrons. The van der Waals surface area contributed by atoms with Crippen molar-refractivity contribution < 1.29 is 0 Å². The maximum absolute atomic E-state index is 5.40.